The summed E-state index contributed by atoms with van der Waals surface area (Å²) in [6.07, 6.45) is 6.57. The van der Waals surface area contributed by atoms with E-state index in [4.69, 9.17) is 9.47 Å². The van der Waals surface area contributed by atoms with Crippen LogP contribution in [-0.4, -0.2) is 37.2 Å². The average Bonchev–Trinajstić information content (AvgIpc) is 2.69. The van der Waals surface area contributed by atoms with Gasteiger partial charge in [-0.05, 0) is 79.4 Å². The number of esters is 1. The molecule has 0 heterocycles. The number of rotatable bonds is 7. The van der Waals surface area contributed by atoms with Gasteiger partial charge >= 0.3 is 5.97 Å². The Hall–Kier alpha value is -2.08. The van der Waals surface area contributed by atoms with Crippen LogP contribution in [0.5, 0.6) is 5.75 Å². The molecule has 1 aromatic carbocycles. The van der Waals surface area contributed by atoms with Crippen molar-refractivity contribution >= 4 is 11.9 Å². The Morgan fingerprint density at radius 2 is 1.62 bits per heavy atom. The minimum Gasteiger partial charge on any atom is -0.497 e. The first kappa shape index (κ1) is 20.2. The van der Waals surface area contributed by atoms with Gasteiger partial charge in [-0.25, -0.2) is 4.79 Å². The van der Waals surface area contributed by atoms with Crippen LogP contribution in [0.4, 0.5) is 0 Å². The summed E-state index contributed by atoms with van der Waals surface area (Å²) in [4.78, 5) is 25.3. The number of carbonyl (C=O) groups excluding carboxylic acids is 2. The van der Waals surface area contributed by atoms with Crippen LogP contribution in [0, 0.1) is 23.2 Å². The molecule has 0 spiro atoms. The Bertz CT molecular complexity index is 724. The number of aliphatic hydroxyl groups is 1. The first-order chi connectivity index (χ1) is 13.9. The maximum atomic E-state index is 12.9. The maximum absolute atomic E-state index is 12.9. The second-order valence-corrected chi connectivity index (χ2v) is 9.38. The van der Waals surface area contributed by atoms with Crippen molar-refractivity contribution in [1.29, 1.82) is 0 Å². The Morgan fingerprint density at radius 1 is 1.07 bits per heavy atom. The second kappa shape index (κ2) is 7.98. The minimum atomic E-state index is -1.19. The molecule has 0 radical (unpaired) electrons. The van der Waals surface area contributed by atoms with E-state index in [9.17, 15) is 14.7 Å². The summed E-state index contributed by atoms with van der Waals surface area (Å²) in [5.74, 6) is 2.12. The Morgan fingerprint density at radius 3 is 2.10 bits per heavy atom. The second-order valence-electron chi connectivity index (χ2n) is 9.38. The Labute approximate surface area is 172 Å². The van der Waals surface area contributed by atoms with Crippen molar-refractivity contribution in [2.24, 2.45) is 23.2 Å². The lowest BCUT2D eigenvalue weighted by Gasteiger charge is -2.56. The molecule has 6 nitrogen and oxygen atoms in total. The molecule has 0 aromatic heterocycles. The van der Waals surface area contributed by atoms with Gasteiger partial charge in [-0.2, -0.15) is 0 Å². The molecule has 1 aromatic rings. The summed E-state index contributed by atoms with van der Waals surface area (Å²) in [7, 11) is 2.83. The van der Waals surface area contributed by atoms with Gasteiger partial charge in [0.2, 0.25) is 5.91 Å². The molecule has 2 N–H and O–H groups in total. The first-order valence-electron chi connectivity index (χ1n) is 10.6. The van der Waals surface area contributed by atoms with Crippen molar-refractivity contribution in [2.75, 3.05) is 14.2 Å². The third kappa shape index (κ3) is 4.13. The quantitative estimate of drug-likeness (QED) is 0.686. The SMILES string of the molecule is COC(=O)C(NC(=O)CC12CC3CC(CC(C3)C1)C2)C(O)c1ccc(OC)cc1. The summed E-state index contributed by atoms with van der Waals surface area (Å²) in [6, 6.07) is 5.67. The summed E-state index contributed by atoms with van der Waals surface area (Å²) in [5, 5.41) is 13.5. The largest absolute Gasteiger partial charge is 0.497 e. The van der Waals surface area contributed by atoms with Crippen LogP contribution in [-0.2, 0) is 14.3 Å². The molecular weight excluding hydrogens is 370 g/mol. The van der Waals surface area contributed by atoms with E-state index in [1.165, 1.54) is 26.4 Å². The van der Waals surface area contributed by atoms with Crippen LogP contribution in [0.1, 0.15) is 56.6 Å². The van der Waals surface area contributed by atoms with Crippen LogP contribution < -0.4 is 10.1 Å². The topological polar surface area (TPSA) is 84.9 Å². The third-order valence-corrected chi connectivity index (χ3v) is 7.25. The highest BCUT2D eigenvalue weighted by Gasteiger charge is 2.51. The van der Waals surface area contributed by atoms with Crippen LogP contribution >= 0.6 is 0 Å². The van der Waals surface area contributed by atoms with E-state index in [1.807, 2.05) is 0 Å². The molecule has 6 heteroatoms. The van der Waals surface area contributed by atoms with Crippen LogP contribution in [0.15, 0.2) is 24.3 Å². The van der Waals surface area contributed by atoms with Crippen LogP contribution in [0.25, 0.3) is 0 Å². The zero-order chi connectivity index (χ0) is 20.6. The van der Waals surface area contributed by atoms with E-state index in [0.29, 0.717) is 17.7 Å². The van der Waals surface area contributed by atoms with E-state index in [2.05, 4.69) is 5.32 Å². The number of methoxy groups -OCH3 is 2. The summed E-state index contributed by atoms with van der Waals surface area (Å²) in [6.45, 7) is 0. The smallest absolute Gasteiger partial charge is 0.331 e. The maximum Gasteiger partial charge on any atom is 0.331 e. The van der Waals surface area contributed by atoms with Gasteiger partial charge in [-0.15, -0.1) is 0 Å². The highest BCUT2D eigenvalue weighted by molar-refractivity contribution is 5.85. The number of ether oxygens (including phenoxy) is 2. The van der Waals surface area contributed by atoms with Gasteiger partial charge < -0.3 is 19.9 Å². The Balaban J connectivity index is 1.45. The fraction of sp³-hybridized carbons (Fsp3) is 0.652. The predicted molar refractivity (Wildman–Crippen MR) is 107 cm³/mol. The van der Waals surface area contributed by atoms with Gasteiger partial charge in [-0.1, -0.05) is 12.1 Å². The fourth-order valence-corrected chi connectivity index (χ4v) is 6.46. The minimum absolute atomic E-state index is 0.0740. The monoisotopic (exact) mass is 401 g/mol. The Kier molecular flexibility index (Phi) is 5.56. The molecule has 4 aliphatic carbocycles. The molecule has 5 rings (SSSR count). The number of nitrogens with one attached hydrogen (secondary N) is 1. The molecule has 158 valence electrons. The van der Waals surface area contributed by atoms with Crippen LogP contribution in [0.2, 0.25) is 0 Å². The highest BCUT2D eigenvalue weighted by Crippen LogP contribution is 2.61. The predicted octanol–water partition coefficient (Wildman–Crippen LogP) is 2.99. The summed E-state index contributed by atoms with van der Waals surface area (Å²) in [5.41, 5.74) is 0.598. The van der Waals surface area contributed by atoms with Crippen LogP contribution in [0.3, 0.4) is 0 Å². The molecule has 1 amide bonds. The van der Waals surface area contributed by atoms with Crippen molar-refractivity contribution < 1.29 is 24.2 Å². The first-order valence-corrected chi connectivity index (χ1v) is 10.6. The van der Waals surface area contributed by atoms with Gasteiger partial charge in [0, 0.05) is 6.42 Å². The number of hydrogen-bond donors (Lipinski definition) is 2. The van der Waals surface area contributed by atoms with Crippen molar-refractivity contribution in [3.8, 4) is 5.75 Å². The zero-order valence-electron chi connectivity index (χ0n) is 17.2. The molecule has 4 aliphatic rings. The fourth-order valence-electron chi connectivity index (χ4n) is 6.46. The third-order valence-electron chi connectivity index (χ3n) is 7.25. The molecule has 4 fully saturated rings. The van der Waals surface area contributed by atoms with E-state index >= 15 is 0 Å². The number of aliphatic hydroxyl groups excluding tert-OH is 1. The lowest BCUT2D eigenvalue weighted by Crippen LogP contribution is -2.51. The molecule has 0 aliphatic heterocycles. The number of carbonyl (C=O) groups is 2. The molecule has 4 saturated carbocycles. The van der Waals surface area contributed by atoms with Gasteiger partial charge in [0.05, 0.1) is 14.2 Å². The number of benzene rings is 1. The standard InChI is InChI=1S/C23H31NO5/c1-28-18-5-3-17(4-6-18)21(26)20(22(27)29-2)24-19(25)13-23-10-14-7-15(11-23)9-16(8-14)12-23/h3-6,14-16,20-21,26H,7-13H2,1-2H3,(H,24,25). The lowest BCUT2D eigenvalue weighted by atomic mass is 9.49. The highest BCUT2D eigenvalue weighted by atomic mass is 16.5. The van der Waals surface area contributed by atoms with Gasteiger partial charge in [-0.3, -0.25) is 4.79 Å². The molecule has 29 heavy (non-hydrogen) atoms. The van der Waals surface area contributed by atoms with E-state index in [1.54, 1.807) is 31.4 Å². The van der Waals surface area contributed by atoms with E-state index < -0.39 is 18.1 Å². The molecule has 0 saturated heterocycles. The van der Waals surface area contributed by atoms with Gasteiger partial charge in [0.25, 0.3) is 0 Å². The van der Waals surface area contributed by atoms with E-state index in [0.717, 1.165) is 37.0 Å². The summed E-state index contributed by atoms with van der Waals surface area (Å²) < 4.78 is 9.99. The average molecular weight is 402 g/mol. The van der Waals surface area contributed by atoms with Crippen molar-refractivity contribution in [2.45, 2.75) is 57.1 Å². The molecule has 4 bridgehead atoms. The lowest BCUT2D eigenvalue weighted by molar-refractivity contribution is -0.149. The molecule has 2 atom stereocenters. The molecular formula is C23H31NO5. The normalized spacial score (nSPS) is 31.8. The van der Waals surface area contributed by atoms with Crippen molar-refractivity contribution in [3.05, 3.63) is 29.8 Å². The van der Waals surface area contributed by atoms with Gasteiger partial charge in [0.15, 0.2) is 6.04 Å². The zero-order valence-corrected chi connectivity index (χ0v) is 17.2. The van der Waals surface area contributed by atoms with Gasteiger partial charge in [0.1, 0.15) is 11.9 Å². The number of amides is 1. The van der Waals surface area contributed by atoms with Crippen molar-refractivity contribution in [1.82, 2.24) is 5.32 Å². The number of hydrogen-bond acceptors (Lipinski definition) is 5. The summed E-state index contributed by atoms with van der Waals surface area (Å²) >= 11 is 0. The van der Waals surface area contributed by atoms with Crippen molar-refractivity contribution in [3.63, 3.8) is 0 Å². The molecule has 2 unspecified atom stereocenters. The van der Waals surface area contributed by atoms with E-state index in [-0.39, 0.29) is 11.3 Å².